The lowest BCUT2D eigenvalue weighted by Gasteiger charge is -2.07. The third kappa shape index (κ3) is 5.43. The van der Waals surface area contributed by atoms with E-state index in [9.17, 15) is 12.6 Å². The molecule has 0 aliphatic heterocycles. The molecule has 7 heteroatoms. The average Bonchev–Trinajstić information content (AvgIpc) is 2.39. The van der Waals surface area contributed by atoms with Crippen LogP contribution in [0.15, 0.2) is 29.2 Å². The zero-order valence-electron chi connectivity index (χ0n) is 11.1. The van der Waals surface area contributed by atoms with E-state index in [1.165, 1.54) is 12.3 Å². The molecule has 0 saturated carbocycles. The van der Waals surface area contributed by atoms with Crippen molar-refractivity contribution in [3.8, 4) is 11.8 Å². The number of rotatable bonds is 6. The number of hydrogen-bond donors (Lipinski definition) is 2. The third-order valence-electron chi connectivity index (χ3n) is 2.32. The van der Waals surface area contributed by atoms with E-state index >= 15 is 0 Å². The van der Waals surface area contributed by atoms with Crippen molar-refractivity contribution in [2.24, 2.45) is 0 Å². The second-order valence-corrected chi connectivity index (χ2v) is 7.24. The van der Waals surface area contributed by atoms with Crippen LogP contribution in [0, 0.1) is 11.8 Å². The standard InChI is InChI=1S/C13H17NO4S2/c1-19(16)11-9-14-20(17,18)13-8-3-2-6-12(13)7-4-5-10-15/h2-3,6,8,14-15H,5,9-11H2,1H3. The van der Waals surface area contributed by atoms with Crippen LogP contribution in [0.1, 0.15) is 12.0 Å². The second kappa shape index (κ2) is 8.17. The summed E-state index contributed by atoms with van der Waals surface area (Å²) in [7, 11) is -4.72. The molecular formula is C13H17NO4S2. The summed E-state index contributed by atoms with van der Waals surface area (Å²) < 4.78 is 37.6. The van der Waals surface area contributed by atoms with Gasteiger partial charge in [0.15, 0.2) is 0 Å². The highest BCUT2D eigenvalue weighted by Crippen LogP contribution is 2.14. The fourth-order valence-electron chi connectivity index (χ4n) is 1.42. The molecule has 0 aromatic heterocycles. The van der Waals surface area contributed by atoms with Gasteiger partial charge in [0.2, 0.25) is 10.0 Å². The number of hydrogen-bond acceptors (Lipinski definition) is 4. The van der Waals surface area contributed by atoms with Gasteiger partial charge in [-0.2, -0.15) is 0 Å². The van der Waals surface area contributed by atoms with Crippen LogP contribution in [0.25, 0.3) is 0 Å². The van der Waals surface area contributed by atoms with E-state index in [0.717, 1.165) is 0 Å². The van der Waals surface area contributed by atoms with Gasteiger partial charge in [0.1, 0.15) is 0 Å². The summed E-state index contributed by atoms with van der Waals surface area (Å²) in [6.07, 6.45) is 1.80. The van der Waals surface area contributed by atoms with Crippen LogP contribution < -0.4 is 4.72 Å². The number of aliphatic hydroxyl groups excluding tert-OH is 1. The van der Waals surface area contributed by atoms with Gasteiger partial charge in [0.05, 0.1) is 11.5 Å². The fraction of sp³-hybridized carbons (Fsp3) is 0.385. The summed E-state index contributed by atoms with van der Waals surface area (Å²) in [5.41, 5.74) is 0.381. The van der Waals surface area contributed by atoms with Gasteiger partial charge in [-0.3, -0.25) is 4.21 Å². The van der Waals surface area contributed by atoms with Gasteiger partial charge >= 0.3 is 0 Å². The fourth-order valence-corrected chi connectivity index (χ4v) is 3.13. The normalized spacial score (nSPS) is 12.5. The van der Waals surface area contributed by atoms with Gasteiger partial charge < -0.3 is 5.11 Å². The molecule has 20 heavy (non-hydrogen) atoms. The number of aliphatic hydroxyl groups is 1. The second-order valence-electron chi connectivity index (χ2n) is 3.95. The molecule has 1 rings (SSSR count). The summed E-state index contributed by atoms with van der Waals surface area (Å²) in [6.45, 7) is 0.0479. The van der Waals surface area contributed by atoms with Crippen molar-refractivity contribution < 1.29 is 17.7 Å². The zero-order chi connectivity index (χ0) is 15.0. The molecule has 1 unspecified atom stereocenters. The summed E-state index contributed by atoms with van der Waals surface area (Å²) in [5.74, 6) is 5.69. The molecule has 0 aliphatic carbocycles. The lowest BCUT2D eigenvalue weighted by atomic mass is 10.2. The van der Waals surface area contributed by atoms with E-state index in [1.54, 1.807) is 18.2 Å². The van der Waals surface area contributed by atoms with Crippen molar-refractivity contribution in [1.82, 2.24) is 4.72 Å². The molecular weight excluding hydrogens is 298 g/mol. The largest absolute Gasteiger partial charge is 0.395 e. The minimum Gasteiger partial charge on any atom is -0.395 e. The van der Waals surface area contributed by atoms with Crippen LogP contribution in [-0.2, 0) is 20.8 Å². The third-order valence-corrected chi connectivity index (χ3v) is 4.62. The Morgan fingerprint density at radius 3 is 2.70 bits per heavy atom. The lowest BCUT2D eigenvalue weighted by molar-refractivity contribution is 0.305. The number of benzene rings is 1. The van der Waals surface area contributed by atoms with E-state index in [1.807, 2.05) is 0 Å². The SMILES string of the molecule is CS(=O)CCNS(=O)(=O)c1ccccc1C#CCCO. The lowest BCUT2D eigenvalue weighted by Crippen LogP contribution is -2.28. The van der Waals surface area contributed by atoms with Crippen molar-refractivity contribution in [2.75, 3.05) is 25.2 Å². The first kappa shape index (κ1) is 16.9. The Bertz CT molecular complexity index is 629. The highest BCUT2D eigenvalue weighted by Gasteiger charge is 2.16. The molecule has 0 saturated heterocycles. The highest BCUT2D eigenvalue weighted by atomic mass is 32.2. The van der Waals surface area contributed by atoms with Crippen molar-refractivity contribution in [3.63, 3.8) is 0 Å². The van der Waals surface area contributed by atoms with Crippen molar-refractivity contribution in [2.45, 2.75) is 11.3 Å². The van der Waals surface area contributed by atoms with Gasteiger partial charge in [0.25, 0.3) is 0 Å². The van der Waals surface area contributed by atoms with Crippen molar-refractivity contribution >= 4 is 20.8 Å². The van der Waals surface area contributed by atoms with E-state index in [0.29, 0.717) is 5.56 Å². The van der Waals surface area contributed by atoms with Crippen LogP contribution in [0.4, 0.5) is 0 Å². The number of nitrogens with one attached hydrogen (secondary N) is 1. The predicted octanol–water partition coefficient (Wildman–Crippen LogP) is 0.0773. The minimum atomic E-state index is -3.67. The molecule has 0 radical (unpaired) electrons. The van der Waals surface area contributed by atoms with Crippen LogP contribution in [0.3, 0.4) is 0 Å². The van der Waals surface area contributed by atoms with E-state index in [-0.39, 0.29) is 30.2 Å². The van der Waals surface area contributed by atoms with Gasteiger partial charge in [-0.25, -0.2) is 13.1 Å². The first-order chi connectivity index (χ1) is 9.47. The molecule has 0 bridgehead atoms. The Morgan fingerprint density at radius 2 is 2.05 bits per heavy atom. The predicted molar refractivity (Wildman–Crippen MR) is 79.1 cm³/mol. The first-order valence-corrected chi connectivity index (χ1v) is 9.17. The van der Waals surface area contributed by atoms with E-state index in [4.69, 9.17) is 5.11 Å². The number of sulfonamides is 1. The topological polar surface area (TPSA) is 83.5 Å². The average molecular weight is 315 g/mol. The summed E-state index contributed by atoms with van der Waals surface area (Å²) in [6, 6.07) is 6.39. The van der Waals surface area contributed by atoms with Crippen molar-refractivity contribution in [3.05, 3.63) is 29.8 Å². The van der Waals surface area contributed by atoms with Gasteiger partial charge in [-0.1, -0.05) is 24.0 Å². The molecule has 5 nitrogen and oxygen atoms in total. The Kier molecular flexibility index (Phi) is 6.88. The Hall–Kier alpha value is -1.20. The maximum atomic E-state index is 12.1. The van der Waals surface area contributed by atoms with Gasteiger partial charge in [0, 0.05) is 41.3 Å². The molecule has 1 aromatic rings. The Balaban J connectivity index is 2.95. The molecule has 0 fully saturated rings. The smallest absolute Gasteiger partial charge is 0.241 e. The minimum absolute atomic E-state index is 0.0670. The summed E-state index contributed by atoms with van der Waals surface area (Å²) in [5, 5.41) is 8.68. The maximum Gasteiger partial charge on any atom is 0.241 e. The molecule has 0 aliphatic rings. The molecule has 110 valence electrons. The highest BCUT2D eigenvalue weighted by molar-refractivity contribution is 7.89. The quantitative estimate of drug-likeness (QED) is 0.728. The van der Waals surface area contributed by atoms with Crippen LogP contribution in [-0.4, -0.2) is 42.9 Å². The van der Waals surface area contributed by atoms with Crippen LogP contribution in [0.2, 0.25) is 0 Å². The molecule has 0 spiro atoms. The summed E-state index contributed by atoms with van der Waals surface area (Å²) in [4.78, 5) is 0.0901. The van der Waals surface area contributed by atoms with Gasteiger partial charge in [-0.15, -0.1) is 0 Å². The molecule has 1 atom stereocenters. The molecule has 1 aromatic carbocycles. The molecule has 2 N–H and O–H groups in total. The monoisotopic (exact) mass is 315 g/mol. The summed E-state index contributed by atoms with van der Waals surface area (Å²) >= 11 is 0. The van der Waals surface area contributed by atoms with Crippen molar-refractivity contribution in [1.29, 1.82) is 0 Å². The van der Waals surface area contributed by atoms with E-state index < -0.39 is 20.8 Å². The zero-order valence-corrected chi connectivity index (χ0v) is 12.8. The van der Waals surface area contributed by atoms with E-state index in [2.05, 4.69) is 16.6 Å². The van der Waals surface area contributed by atoms with Crippen LogP contribution >= 0.6 is 0 Å². The maximum absolute atomic E-state index is 12.1. The van der Waals surface area contributed by atoms with Gasteiger partial charge in [-0.05, 0) is 12.1 Å². The first-order valence-electron chi connectivity index (χ1n) is 5.96. The van der Waals surface area contributed by atoms with Crippen LogP contribution in [0.5, 0.6) is 0 Å². The Labute approximate surface area is 121 Å². The molecule has 0 amide bonds. The Morgan fingerprint density at radius 1 is 1.35 bits per heavy atom. The molecule has 0 heterocycles.